The Morgan fingerprint density at radius 2 is 0.918 bits per heavy atom. The van der Waals surface area contributed by atoms with Crippen LogP contribution in [-0.4, -0.2) is 37.0 Å². The maximum Gasteiger partial charge on any atom is 0.306 e. The van der Waals surface area contributed by atoms with Gasteiger partial charge in [0.1, 0.15) is 6.10 Å². The Balaban J connectivity index is 3.63. The van der Waals surface area contributed by atoms with Crippen molar-refractivity contribution in [2.24, 2.45) is 0 Å². The number of allylic oxidation sites excluding steroid dienone is 18. The Labute approximate surface area is 302 Å². The summed E-state index contributed by atoms with van der Waals surface area (Å²) in [5.41, 5.74) is 0. The number of carbonyl (C=O) groups excluding carboxylic acids is 1. The maximum atomic E-state index is 12.1. The second kappa shape index (κ2) is 41.2. The van der Waals surface area contributed by atoms with Gasteiger partial charge in [-0.1, -0.05) is 149 Å². The van der Waals surface area contributed by atoms with Crippen molar-refractivity contribution in [2.45, 2.75) is 148 Å². The van der Waals surface area contributed by atoms with Crippen LogP contribution in [0.4, 0.5) is 0 Å². The number of rotatable bonds is 34. The van der Waals surface area contributed by atoms with Gasteiger partial charge in [0, 0.05) is 13.0 Å². The molecule has 0 spiro atoms. The second-order valence-electron chi connectivity index (χ2n) is 12.3. The molecule has 276 valence electrons. The first kappa shape index (κ1) is 46.0. The third-order valence-electron chi connectivity index (χ3n) is 7.56. The van der Waals surface area contributed by atoms with E-state index in [1.54, 1.807) is 0 Å². The lowest BCUT2D eigenvalue weighted by atomic mass is 10.1. The minimum atomic E-state index is -0.572. The molecule has 1 unspecified atom stereocenters. The molecule has 1 atom stereocenters. The SMILES string of the molecule is CC/C=C\C/C=C\C/C=C\C/C=C\C/C=C\C/C=C\C/C=C\CCCCOCC(CO)OC(=O)CCCCCCC/C=C\C/C=C\CCC. The molecule has 0 amide bonds. The molecule has 0 bridgehead atoms. The first-order valence-corrected chi connectivity index (χ1v) is 19.5. The summed E-state index contributed by atoms with van der Waals surface area (Å²) in [6, 6.07) is 0. The van der Waals surface area contributed by atoms with Crippen molar-refractivity contribution in [3.8, 4) is 0 Å². The molecule has 0 saturated carbocycles. The molecule has 0 aromatic rings. The number of hydrogen-bond donors (Lipinski definition) is 1. The quantitative estimate of drug-likeness (QED) is 0.0419. The van der Waals surface area contributed by atoms with Crippen molar-refractivity contribution in [3.05, 3.63) is 109 Å². The highest BCUT2D eigenvalue weighted by Gasteiger charge is 2.13. The Morgan fingerprint density at radius 1 is 0.510 bits per heavy atom. The molecule has 0 aliphatic heterocycles. The van der Waals surface area contributed by atoms with Crippen LogP contribution in [0.1, 0.15) is 142 Å². The summed E-state index contributed by atoms with van der Waals surface area (Å²) in [5, 5.41) is 9.56. The number of esters is 1. The van der Waals surface area contributed by atoms with E-state index in [1.807, 2.05) is 0 Å². The number of hydrogen-bond acceptors (Lipinski definition) is 4. The molecule has 0 aromatic heterocycles. The van der Waals surface area contributed by atoms with Crippen LogP contribution in [0.15, 0.2) is 109 Å². The predicted octanol–water partition coefficient (Wildman–Crippen LogP) is 12.8. The van der Waals surface area contributed by atoms with Crippen molar-refractivity contribution in [1.82, 2.24) is 0 Å². The van der Waals surface area contributed by atoms with Gasteiger partial charge in [0.2, 0.25) is 0 Å². The summed E-state index contributed by atoms with van der Waals surface area (Å²) in [5.74, 6) is -0.237. The highest BCUT2D eigenvalue weighted by molar-refractivity contribution is 5.69. The molecule has 49 heavy (non-hydrogen) atoms. The highest BCUT2D eigenvalue weighted by Crippen LogP contribution is 2.10. The minimum absolute atomic E-state index is 0.203. The third kappa shape index (κ3) is 39.4. The molecule has 0 aliphatic carbocycles. The molecule has 0 radical (unpaired) electrons. The van der Waals surface area contributed by atoms with Gasteiger partial charge in [-0.3, -0.25) is 4.79 Å². The summed E-state index contributed by atoms with van der Waals surface area (Å²) in [4.78, 5) is 12.1. The zero-order valence-corrected chi connectivity index (χ0v) is 31.4. The fourth-order valence-electron chi connectivity index (χ4n) is 4.70. The van der Waals surface area contributed by atoms with E-state index in [9.17, 15) is 9.90 Å². The lowest BCUT2D eigenvalue weighted by Gasteiger charge is -2.15. The van der Waals surface area contributed by atoms with Crippen molar-refractivity contribution < 1.29 is 19.4 Å². The van der Waals surface area contributed by atoms with Crippen LogP contribution in [0.2, 0.25) is 0 Å². The van der Waals surface area contributed by atoms with E-state index in [4.69, 9.17) is 9.47 Å². The summed E-state index contributed by atoms with van der Waals surface area (Å²) in [6.45, 7) is 5.02. The van der Waals surface area contributed by atoms with Crippen LogP contribution in [0.3, 0.4) is 0 Å². The molecular weight excluding hydrogens is 604 g/mol. The molecule has 0 heterocycles. The molecule has 4 nitrogen and oxygen atoms in total. The fourth-order valence-corrected chi connectivity index (χ4v) is 4.70. The van der Waals surface area contributed by atoms with Crippen molar-refractivity contribution in [2.75, 3.05) is 19.8 Å². The molecule has 0 aliphatic rings. The Bertz CT molecular complexity index is 976. The number of unbranched alkanes of at least 4 members (excludes halogenated alkanes) is 8. The fraction of sp³-hybridized carbons (Fsp3) is 0.578. The van der Waals surface area contributed by atoms with E-state index in [2.05, 4.69) is 123 Å². The van der Waals surface area contributed by atoms with Crippen LogP contribution in [0.25, 0.3) is 0 Å². The van der Waals surface area contributed by atoms with E-state index < -0.39 is 6.10 Å². The molecule has 1 N–H and O–H groups in total. The van der Waals surface area contributed by atoms with E-state index in [1.165, 1.54) is 25.7 Å². The second-order valence-corrected chi connectivity index (χ2v) is 12.3. The predicted molar refractivity (Wildman–Crippen MR) is 214 cm³/mol. The standard InChI is InChI=1S/C45H72O4/c1-3-5-7-9-11-13-15-17-18-19-20-21-22-23-24-25-26-27-29-31-33-35-37-39-41-48-43-44(42-46)49-45(47)40-38-36-34-32-30-28-16-14-12-10-8-6-4-2/h5,7-8,10-11,13-14,16-18,20-21,23-24,26-27,31,33,44,46H,3-4,6,9,12,15,19,22,25,28-30,32,34-43H2,1-2H3/b7-5-,10-8-,13-11-,16-14-,18-17-,21-20-,24-23-,27-26-,33-31-. The van der Waals surface area contributed by atoms with E-state index >= 15 is 0 Å². The van der Waals surface area contributed by atoms with Gasteiger partial charge in [0.25, 0.3) is 0 Å². The Kier molecular flexibility index (Phi) is 38.7. The summed E-state index contributed by atoms with van der Waals surface area (Å²) in [7, 11) is 0. The van der Waals surface area contributed by atoms with Gasteiger partial charge >= 0.3 is 5.97 Å². The third-order valence-corrected chi connectivity index (χ3v) is 7.56. The lowest BCUT2D eigenvalue weighted by Crippen LogP contribution is -2.27. The first-order valence-electron chi connectivity index (χ1n) is 19.5. The number of carbonyl (C=O) groups is 1. The largest absolute Gasteiger partial charge is 0.457 e. The van der Waals surface area contributed by atoms with Crippen molar-refractivity contribution >= 4 is 5.97 Å². The van der Waals surface area contributed by atoms with Crippen LogP contribution >= 0.6 is 0 Å². The zero-order valence-electron chi connectivity index (χ0n) is 31.4. The van der Waals surface area contributed by atoms with Crippen LogP contribution in [0, 0.1) is 0 Å². The lowest BCUT2D eigenvalue weighted by molar-refractivity contribution is -0.154. The molecule has 0 fully saturated rings. The van der Waals surface area contributed by atoms with Gasteiger partial charge < -0.3 is 14.6 Å². The van der Waals surface area contributed by atoms with E-state index in [0.29, 0.717) is 13.0 Å². The molecule has 4 heteroatoms. The normalized spacial score (nSPS) is 13.6. The van der Waals surface area contributed by atoms with Gasteiger partial charge in [0.05, 0.1) is 13.2 Å². The molecule has 0 saturated heterocycles. The van der Waals surface area contributed by atoms with Crippen molar-refractivity contribution in [1.29, 1.82) is 0 Å². The zero-order chi connectivity index (χ0) is 35.6. The van der Waals surface area contributed by atoms with E-state index in [0.717, 1.165) is 96.3 Å². The highest BCUT2D eigenvalue weighted by atomic mass is 16.6. The van der Waals surface area contributed by atoms with E-state index in [-0.39, 0.29) is 19.2 Å². The van der Waals surface area contributed by atoms with Gasteiger partial charge in [-0.2, -0.15) is 0 Å². The number of ether oxygens (including phenoxy) is 2. The number of aliphatic hydroxyl groups is 1. The summed E-state index contributed by atoms with van der Waals surface area (Å²) in [6.07, 6.45) is 60.0. The van der Waals surface area contributed by atoms with Gasteiger partial charge in [0.15, 0.2) is 0 Å². The molecule has 0 rings (SSSR count). The Morgan fingerprint density at radius 3 is 1.39 bits per heavy atom. The first-order chi connectivity index (χ1) is 24.2. The smallest absolute Gasteiger partial charge is 0.306 e. The number of aliphatic hydroxyl groups excluding tert-OH is 1. The van der Waals surface area contributed by atoms with Crippen LogP contribution < -0.4 is 0 Å². The summed E-state index contributed by atoms with van der Waals surface area (Å²) < 4.78 is 11.1. The van der Waals surface area contributed by atoms with Crippen LogP contribution in [0.5, 0.6) is 0 Å². The van der Waals surface area contributed by atoms with Crippen molar-refractivity contribution in [3.63, 3.8) is 0 Å². The monoisotopic (exact) mass is 677 g/mol. The topological polar surface area (TPSA) is 55.8 Å². The average molecular weight is 677 g/mol. The van der Waals surface area contributed by atoms with Gasteiger partial charge in [-0.15, -0.1) is 0 Å². The Hall–Kier alpha value is -2.95. The van der Waals surface area contributed by atoms with Crippen LogP contribution in [-0.2, 0) is 14.3 Å². The maximum absolute atomic E-state index is 12.1. The molecular formula is C45H72O4. The van der Waals surface area contributed by atoms with Gasteiger partial charge in [-0.25, -0.2) is 0 Å². The van der Waals surface area contributed by atoms with Gasteiger partial charge in [-0.05, 0) is 96.3 Å². The minimum Gasteiger partial charge on any atom is -0.457 e. The molecule has 0 aromatic carbocycles. The summed E-state index contributed by atoms with van der Waals surface area (Å²) >= 11 is 0. The average Bonchev–Trinajstić information content (AvgIpc) is 3.11.